The number of nitrogens with two attached hydrogens (primary N) is 1. The number of ketones is 1. The van der Waals surface area contributed by atoms with Crippen LogP contribution in [0.15, 0.2) is 35.3 Å². The largest absolute Gasteiger partial charge is 0.451 e. The second-order valence-electron chi connectivity index (χ2n) is 7.80. The molecular formula is C22H20FN3O3. The maximum absolute atomic E-state index is 15.3. The lowest BCUT2D eigenvalue weighted by Gasteiger charge is -2.29. The standard InChI is InChI=1S/C22H20FN3O3/c1-11-3-4-17-18(7-11)29-22-19-14(21(28)15(12(2)27)10-26(17)19)8-16(23)20(22)25-6-5-13(24)9-25/h3-4,7-8,10,13H,5-6,9,24H2,1-2H3. The summed E-state index contributed by atoms with van der Waals surface area (Å²) in [6, 6.07) is 6.83. The first kappa shape index (κ1) is 17.9. The molecule has 2 aliphatic heterocycles. The van der Waals surface area contributed by atoms with Gasteiger partial charge in [-0.1, -0.05) is 6.07 Å². The summed E-state index contributed by atoms with van der Waals surface area (Å²) in [5.74, 6) is -0.0777. The second-order valence-corrected chi connectivity index (χ2v) is 7.80. The number of carbonyl (C=O) groups excluding carboxylic acids is 1. The normalized spacial score (nSPS) is 17.4. The number of anilines is 1. The molecule has 5 rings (SSSR count). The van der Waals surface area contributed by atoms with Crippen LogP contribution in [-0.2, 0) is 0 Å². The lowest BCUT2D eigenvalue weighted by atomic mass is 10.0. The molecule has 0 aliphatic carbocycles. The van der Waals surface area contributed by atoms with Crippen molar-refractivity contribution in [1.29, 1.82) is 0 Å². The number of fused-ring (bicyclic) bond motifs is 2. The van der Waals surface area contributed by atoms with Gasteiger partial charge in [0.05, 0.1) is 16.6 Å². The summed E-state index contributed by atoms with van der Waals surface area (Å²) in [6.07, 6.45) is 2.29. The van der Waals surface area contributed by atoms with E-state index < -0.39 is 11.2 Å². The van der Waals surface area contributed by atoms with Crippen molar-refractivity contribution in [2.75, 3.05) is 18.0 Å². The molecule has 1 atom stereocenters. The SMILES string of the molecule is CC(=O)c1cn2c3c(c(N4CCC(N)C4)c(F)cc3c1=O)Oc1cc(C)ccc1-2. The topological polar surface area (TPSA) is 77.6 Å². The van der Waals surface area contributed by atoms with Gasteiger partial charge in [-0.15, -0.1) is 0 Å². The highest BCUT2D eigenvalue weighted by Crippen LogP contribution is 2.47. The molecule has 1 saturated heterocycles. The maximum atomic E-state index is 15.3. The Morgan fingerprint density at radius 1 is 1.31 bits per heavy atom. The van der Waals surface area contributed by atoms with Crippen molar-refractivity contribution in [3.05, 3.63) is 57.6 Å². The fourth-order valence-electron chi connectivity index (χ4n) is 4.25. The van der Waals surface area contributed by atoms with E-state index in [9.17, 15) is 9.59 Å². The van der Waals surface area contributed by atoms with Crippen molar-refractivity contribution >= 4 is 22.4 Å². The number of aromatic nitrogens is 1. The van der Waals surface area contributed by atoms with Crippen molar-refractivity contribution in [2.45, 2.75) is 26.3 Å². The maximum Gasteiger partial charge on any atom is 0.200 e. The summed E-state index contributed by atoms with van der Waals surface area (Å²) in [5.41, 5.74) is 8.02. The van der Waals surface area contributed by atoms with Gasteiger partial charge < -0.3 is 19.9 Å². The van der Waals surface area contributed by atoms with Gasteiger partial charge in [-0.2, -0.15) is 0 Å². The minimum atomic E-state index is -0.554. The van der Waals surface area contributed by atoms with Crippen molar-refractivity contribution in [3.63, 3.8) is 0 Å². The van der Waals surface area contributed by atoms with Gasteiger partial charge >= 0.3 is 0 Å². The second kappa shape index (κ2) is 6.15. The van der Waals surface area contributed by atoms with Gasteiger partial charge in [-0.3, -0.25) is 9.59 Å². The van der Waals surface area contributed by atoms with E-state index in [0.717, 1.165) is 12.0 Å². The molecule has 0 spiro atoms. The van der Waals surface area contributed by atoms with Gasteiger partial charge in [-0.05, 0) is 44.0 Å². The lowest BCUT2D eigenvalue weighted by Crippen LogP contribution is -2.28. The van der Waals surface area contributed by atoms with Gasteiger partial charge in [-0.25, -0.2) is 4.39 Å². The van der Waals surface area contributed by atoms with Gasteiger partial charge in [0.2, 0.25) is 0 Å². The van der Waals surface area contributed by atoms with Gasteiger partial charge in [0.25, 0.3) is 0 Å². The van der Waals surface area contributed by atoms with Crippen molar-refractivity contribution in [2.24, 2.45) is 5.73 Å². The first-order valence-electron chi connectivity index (χ1n) is 9.57. The third-order valence-corrected chi connectivity index (χ3v) is 5.68. The molecule has 1 aromatic heterocycles. The summed E-state index contributed by atoms with van der Waals surface area (Å²) in [7, 11) is 0. The number of nitrogens with zero attached hydrogens (tertiary/aromatic N) is 2. The number of Topliss-reactive ketones (excluding diaryl/α,β-unsaturated/α-hetero) is 1. The molecule has 3 aromatic rings. The first-order valence-corrected chi connectivity index (χ1v) is 9.57. The highest BCUT2D eigenvalue weighted by molar-refractivity contribution is 6.01. The number of ether oxygens (including phenoxy) is 1. The van der Waals surface area contributed by atoms with Crippen LogP contribution in [0.3, 0.4) is 0 Å². The predicted molar refractivity (Wildman–Crippen MR) is 109 cm³/mol. The molecule has 29 heavy (non-hydrogen) atoms. The van der Waals surface area contributed by atoms with E-state index >= 15 is 4.39 Å². The van der Waals surface area contributed by atoms with Crippen LogP contribution in [-0.4, -0.2) is 29.5 Å². The average molecular weight is 393 g/mol. The molecule has 0 amide bonds. The van der Waals surface area contributed by atoms with Crippen LogP contribution in [0.2, 0.25) is 0 Å². The summed E-state index contributed by atoms with van der Waals surface area (Å²) in [5, 5.41) is 0.128. The predicted octanol–water partition coefficient (Wildman–Crippen LogP) is 3.28. The number of aryl methyl sites for hydroxylation is 1. The fourth-order valence-corrected chi connectivity index (χ4v) is 4.25. The van der Waals surface area contributed by atoms with E-state index in [4.69, 9.17) is 10.5 Å². The molecule has 7 heteroatoms. The van der Waals surface area contributed by atoms with E-state index in [1.54, 1.807) is 4.57 Å². The van der Waals surface area contributed by atoms with Crippen molar-refractivity contribution < 1.29 is 13.9 Å². The number of hydrogen-bond donors (Lipinski definition) is 1. The summed E-state index contributed by atoms with van der Waals surface area (Å²) >= 11 is 0. The van der Waals surface area contributed by atoms with Crippen LogP contribution >= 0.6 is 0 Å². The number of benzene rings is 2. The molecule has 0 radical (unpaired) electrons. The number of pyridine rings is 1. The van der Waals surface area contributed by atoms with E-state index in [1.807, 2.05) is 30.0 Å². The van der Waals surface area contributed by atoms with Gasteiger partial charge in [0.1, 0.15) is 11.2 Å². The number of carbonyl (C=O) groups is 1. The molecule has 0 bridgehead atoms. The van der Waals surface area contributed by atoms with E-state index in [-0.39, 0.29) is 22.8 Å². The van der Waals surface area contributed by atoms with Crippen LogP contribution in [0.4, 0.5) is 10.1 Å². The van der Waals surface area contributed by atoms with E-state index in [0.29, 0.717) is 41.5 Å². The molecule has 148 valence electrons. The molecule has 2 aromatic carbocycles. The Labute approximate surface area is 166 Å². The molecule has 1 fully saturated rings. The molecule has 6 nitrogen and oxygen atoms in total. The third kappa shape index (κ3) is 2.57. The van der Waals surface area contributed by atoms with Crippen LogP contribution in [0.1, 0.15) is 29.3 Å². The Bertz CT molecular complexity index is 1260. The third-order valence-electron chi connectivity index (χ3n) is 5.68. The molecule has 1 unspecified atom stereocenters. The summed E-state index contributed by atoms with van der Waals surface area (Å²) in [6.45, 7) is 4.39. The van der Waals surface area contributed by atoms with Crippen LogP contribution in [0.5, 0.6) is 11.5 Å². The van der Waals surface area contributed by atoms with Crippen molar-refractivity contribution in [3.8, 4) is 17.2 Å². The Kier molecular flexibility index (Phi) is 3.79. The van der Waals surface area contributed by atoms with Gasteiger partial charge in [0, 0.05) is 25.3 Å². The van der Waals surface area contributed by atoms with Crippen LogP contribution in [0.25, 0.3) is 16.6 Å². The number of halogens is 1. The van der Waals surface area contributed by atoms with E-state index in [1.165, 1.54) is 19.2 Å². The molecule has 3 heterocycles. The lowest BCUT2D eigenvalue weighted by molar-refractivity contribution is 0.101. The molecule has 0 saturated carbocycles. The molecular weight excluding hydrogens is 373 g/mol. The zero-order chi connectivity index (χ0) is 20.4. The minimum Gasteiger partial charge on any atom is -0.451 e. The zero-order valence-electron chi connectivity index (χ0n) is 16.2. The Morgan fingerprint density at radius 3 is 2.79 bits per heavy atom. The Morgan fingerprint density at radius 2 is 2.10 bits per heavy atom. The Balaban J connectivity index is 1.91. The van der Waals surface area contributed by atoms with Crippen LogP contribution in [0, 0.1) is 12.7 Å². The summed E-state index contributed by atoms with van der Waals surface area (Å²) in [4.78, 5) is 26.9. The fraction of sp³-hybridized carbons (Fsp3) is 0.273. The Hall–Kier alpha value is -3.19. The zero-order valence-corrected chi connectivity index (χ0v) is 16.2. The first-order chi connectivity index (χ1) is 13.8. The minimum absolute atomic E-state index is 0.0206. The molecule has 2 N–H and O–H groups in total. The van der Waals surface area contributed by atoms with Crippen molar-refractivity contribution in [1.82, 2.24) is 4.57 Å². The average Bonchev–Trinajstić information content (AvgIpc) is 3.08. The quantitative estimate of drug-likeness (QED) is 0.529. The number of hydrogen-bond acceptors (Lipinski definition) is 5. The van der Waals surface area contributed by atoms with E-state index in [2.05, 4.69) is 0 Å². The molecule has 2 aliphatic rings. The van der Waals surface area contributed by atoms with Gasteiger partial charge in [0.15, 0.2) is 28.5 Å². The number of rotatable bonds is 2. The highest BCUT2D eigenvalue weighted by Gasteiger charge is 2.32. The summed E-state index contributed by atoms with van der Waals surface area (Å²) < 4.78 is 23.2. The highest BCUT2D eigenvalue weighted by atomic mass is 19.1. The smallest absolute Gasteiger partial charge is 0.200 e. The monoisotopic (exact) mass is 393 g/mol. The van der Waals surface area contributed by atoms with Crippen LogP contribution < -0.4 is 20.8 Å².